The van der Waals surface area contributed by atoms with Crippen LogP contribution in [0.4, 0.5) is 17.1 Å². The summed E-state index contributed by atoms with van der Waals surface area (Å²) in [5, 5.41) is 5.62. The Morgan fingerprint density at radius 3 is 2.70 bits per heavy atom. The lowest BCUT2D eigenvalue weighted by Crippen LogP contribution is -2.42. The average Bonchev–Trinajstić information content (AvgIpc) is 2.55. The molecule has 0 radical (unpaired) electrons. The molecule has 1 aliphatic heterocycles. The molecule has 6 heteroatoms. The van der Waals surface area contributed by atoms with E-state index in [1.165, 1.54) is 0 Å². The molecule has 0 aliphatic carbocycles. The number of anilines is 3. The molecular weight excluding hydrogens is 294 g/mol. The molecule has 2 aromatic rings. The average molecular weight is 311 g/mol. The molecule has 23 heavy (non-hydrogen) atoms. The SMILES string of the molecule is COc1ccc(NC(=O)CN2CC(=O)Nc3ccccc32)cc1. The van der Waals surface area contributed by atoms with Gasteiger partial charge in [-0.15, -0.1) is 0 Å². The third-order valence-corrected chi connectivity index (χ3v) is 3.56. The number of carbonyl (C=O) groups is 2. The van der Waals surface area contributed by atoms with Gasteiger partial charge in [0.15, 0.2) is 0 Å². The fourth-order valence-corrected chi connectivity index (χ4v) is 2.49. The zero-order chi connectivity index (χ0) is 16.2. The van der Waals surface area contributed by atoms with Gasteiger partial charge in [0.05, 0.1) is 31.6 Å². The van der Waals surface area contributed by atoms with Crippen molar-refractivity contribution in [1.82, 2.24) is 0 Å². The van der Waals surface area contributed by atoms with Crippen LogP contribution < -0.4 is 20.3 Å². The van der Waals surface area contributed by atoms with Crippen LogP contribution in [0.15, 0.2) is 48.5 Å². The highest BCUT2D eigenvalue weighted by Gasteiger charge is 2.23. The molecule has 118 valence electrons. The summed E-state index contributed by atoms with van der Waals surface area (Å²) in [5.41, 5.74) is 2.25. The van der Waals surface area contributed by atoms with Crippen molar-refractivity contribution in [3.63, 3.8) is 0 Å². The summed E-state index contributed by atoms with van der Waals surface area (Å²) >= 11 is 0. The minimum atomic E-state index is -0.181. The van der Waals surface area contributed by atoms with Crippen LogP contribution in [0.25, 0.3) is 0 Å². The number of nitrogens with zero attached hydrogens (tertiary/aromatic N) is 1. The van der Waals surface area contributed by atoms with Gasteiger partial charge in [-0.25, -0.2) is 0 Å². The monoisotopic (exact) mass is 311 g/mol. The zero-order valence-corrected chi connectivity index (χ0v) is 12.7. The molecule has 0 saturated heterocycles. The number of ether oxygens (including phenoxy) is 1. The van der Waals surface area contributed by atoms with Crippen molar-refractivity contribution in [3.05, 3.63) is 48.5 Å². The van der Waals surface area contributed by atoms with E-state index in [0.717, 1.165) is 17.1 Å². The Kier molecular flexibility index (Phi) is 4.14. The van der Waals surface area contributed by atoms with Crippen LogP contribution in [-0.4, -0.2) is 32.0 Å². The second kappa shape index (κ2) is 6.39. The minimum Gasteiger partial charge on any atom is -0.497 e. The molecule has 0 spiro atoms. The summed E-state index contributed by atoms with van der Waals surface area (Å²) in [4.78, 5) is 25.7. The number of nitrogens with one attached hydrogen (secondary N) is 2. The van der Waals surface area contributed by atoms with Crippen molar-refractivity contribution in [3.8, 4) is 5.75 Å². The highest BCUT2D eigenvalue weighted by atomic mass is 16.5. The quantitative estimate of drug-likeness (QED) is 0.907. The Morgan fingerprint density at radius 1 is 1.22 bits per heavy atom. The first kappa shape index (κ1) is 14.9. The zero-order valence-electron chi connectivity index (χ0n) is 12.7. The lowest BCUT2D eigenvalue weighted by molar-refractivity contribution is -0.115. The predicted octanol–water partition coefficient (Wildman–Crippen LogP) is 2.09. The largest absolute Gasteiger partial charge is 0.497 e. The molecule has 6 nitrogen and oxygen atoms in total. The molecule has 2 aromatic carbocycles. The maximum Gasteiger partial charge on any atom is 0.243 e. The van der Waals surface area contributed by atoms with Gasteiger partial charge in [-0.1, -0.05) is 12.1 Å². The van der Waals surface area contributed by atoms with Gasteiger partial charge in [0, 0.05) is 5.69 Å². The number of carbonyl (C=O) groups excluding carboxylic acids is 2. The van der Waals surface area contributed by atoms with Gasteiger partial charge in [-0.2, -0.15) is 0 Å². The van der Waals surface area contributed by atoms with E-state index < -0.39 is 0 Å². The Hall–Kier alpha value is -3.02. The van der Waals surface area contributed by atoms with Crippen molar-refractivity contribution in [2.45, 2.75) is 0 Å². The maximum atomic E-state index is 12.2. The van der Waals surface area contributed by atoms with Gasteiger partial charge in [-0.3, -0.25) is 9.59 Å². The van der Waals surface area contributed by atoms with Crippen LogP contribution >= 0.6 is 0 Å². The summed E-state index contributed by atoms with van der Waals surface area (Å²) in [7, 11) is 1.59. The molecule has 0 fully saturated rings. The first-order valence-electron chi connectivity index (χ1n) is 7.23. The van der Waals surface area contributed by atoms with Crippen LogP contribution in [0.3, 0.4) is 0 Å². The second-order valence-electron chi connectivity index (χ2n) is 5.20. The highest BCUT2D eigenvalue weighted by Crippen LogP contribution is 2.28. The minimum absolute atomic E-state index is 0.108. The lowest BCUT2D eigenvalue weighted by atomic mass is 10.2. The molecule has 2 N–H and O–H groups in total. The molecule has 0 atom stereocenters. The first-order chi connectivity index (χ1) is 11.2. The number of amides is 2. The molecule has 0 saturated carbocycles. The van der Waals surface area contributed by atoms with E-state index >= 15 is 0 Å². The molecule has 0 bridgehead atoms. The Morgan fingerprint density at radius 2 is 1.96 bits per heavy atom. The third kappa shape index (κ3) is 3.42. The van der Waals surface area contributed by atoms with Gasteiger partial charge < -0.3 is 20.3 Å². The molecular formula is C17H17N3O3. The number of benzene rings is 2. The van der Waals surface area contributed by atoms with Gasteiger partial charge in [0.25, 0.3) is 0 Å². The Balaban J connectivity index is 1.69. The fourth-order valence-electron chi connectivity index (χ4n) is 2.49. The van der Waals surface area contributed by atoms with Crippen molar-refractivity contribution in [2.24, 2.45) is 0 Å². The molecule has 0 aromatic heterocycles. The van der Waals surface area contributed by atoms with Crippen LogP contribution in [0, 0.1) is 0 Å². The van der Waals surface area contributed by atoms with E-state index in [1.54, 1.807) is 36.3 Å². The summed E-state index contributed by atoms with van der Waals surface area (Å²) < 4.78 is 5.08. The number of rotatable bonds is 4. The van der Waals surface area contributed by atoms with E-state index in [4.69, 9.17) is 4.74 Å². The van der Waals surface area contributed by atoms with Crippen molar-refractivity contribution in [1.29, 1.82) is 0 Å². The molecule has 2 amide bonds. The van der Waals surface area contributed by atoms with Crippen molar-refractivity contribution >= 4 is 28.9 Å². The van der Waals surface area contributed by atoms with Crippen molar-refractivity contribution in [2.75, 3.05) is 35.7 Å². The fraction of sp³-hybridized carbons (Fsp3) is 0.176. The molecule has 1 heterocycles. The van der Waals surface area contributed by atoms with Gasteiger partial charge in [-0.05, 0) is 36.4 Å². The van der Waals surface area contributed by atoms with Crippen LogP contribution in [0.1, 0.15) is 0 Å². The topological polar surface area (TPSA) is 70.7 Å². The molecule has 1 aliphatic rings. The number of hydrogen-bond acceptors (Lipinski definition) is 4. The summed E-state index contributed by atoms with van der Waals surface area (Å²) in [6, 6.07) is 14.5. The van der Waals surface area contributed by atoms with Gasteiger partial charge in [0.1, 0.15) is 5.75 Å². The summed E-state index contributed by atoms with van der Waals surface area (Å²) in [5.74, 6) is 0.422. The first-order valence-corrected chi connectivity index (χ1v) is 7.23. The summed E-state index contributed by atoms with van der Waals surface area (Å²) in [6.45, 7) is 0.267. The van der Waals surface area contributed by atoms with Crippen LogP contribution in [0.2, 0.25) is 0 Å². The lowest BCUT2D eigenvalue weighted by Gasteiger charge is -2.30. The van der Waals surface area contributed by atoms with E-state index in [1.807, 2.05) is 24.3 Å². The van der Waals surface area contributed by atoms with E-state index in [9.17, 15) is 9.59 Å². The Bertz CT molecular complexity index is 728. The van der Waals surface area contributed by atoms with Crippen LogP contribution in [-0.2, 0) is 9.59 Å². The standard InChI is InChI=1S/C17H17N3O3/c1-23-13-8-6-12(7-9-13)18-16(21)10-20-11-17(22)19-14-4-2-3-5-15(14)20/h2-9H,10-11H2,1H3,(H,18,21)(H,19,22). The predicted molar refractivity (Wildman–Crippen MR) is 88.9 cm³/mol. The van der Waals surface area contributed by atoms with Gasteiger partial charge in [0.2, 0.25) is 11.8 Å². The molecule has 0 unspecified atom stereocenters. The molecule has 3 rings (SSSR count). The third-order valence-electron chi connectivity index (χ3n) is 3.56. The van der Waals surface area contributed by atoms with Crippen molar-refractivity contribution < 1.29 is 14.3 Å². The van der Waals surface area contributed by atoms with E-state index in [2.05, 4.69) is 10.6 Å². The number of methoxy groups -OCH3 is 1. The number of para-hydroxylation sites is 2. The Labute approximate surface area is 134 Å². The number of fused-ring (bicyclic) bond motifs is 1. The smallest absolute Gasteiger partial charge is 0.243 e. The number of hydrogen-bond donors (Lipinski definition) is 2. The van der Waals surface area contributed by atoms with E-state index in [-0.39, 0.29) is 24.9 Å². The normalized spacial score (nSPS) is 13.1. The summed E-state index contributed by atoms with van der Waals surface area (Å²) in [6.07, 6.45) is 0. The highest BCUT2D eigenvalue weighted by molar-refractivity contribution is 6.03. The van der Waals surface area contributed by atoms with Gasteiger partial charge >= 0.3 is 0 Å². The second-order valence-corrected chi connectivity index (χ2v) is 5.20. The van der Waals surface area contributed by atoms with Crippen LogP contribution in [0.5, 0.6) is 5.75 Å². The maximum absolute atomic E-state index is 12.2. The van der Waals surface area contributed by atoms with E-state index in [0.29, 0.717) is 5.69 Å².